The molecule has 1 aromatic heterocycles. The SMILES string of the molecule is CCCCS(=O)(=O)N1CCN(CC)[C@@H](c2ncc[nH]2)C1. The molecule has 20 heavy (non-hydrogen) atoms. The minimum absolute atomic E-state index is 0.0279. The standard InChI is InChI=1S/C13H24N4O2S/c1-3-5-10-20(18,19)17-9-8-16(4-2)12(11-17)13-14-6-7-15-13/h6-7,12H,3-5,8-11H2,1-2H3,(H,14,15)/t12-/m1/s1. The maximum atomic E-state index is 12.3. The molecule has 1 N–H and O–H groups in total. The van der Waals surface area contributed by atoms with Crippen LogP contribution in [0.1, 0.15) is 38.6 Å². The number of unbranched alkanes of at least 4 members (excludes halogenated alkanes) is 1. The van der Waals surface area contributed by atoms with Crippen molar-refractivity contribution in [2.45, 2.75) is 32.7 Å². The van der Waals surface area contributed by atoms with E-state index in [0.717, 1.165) is 31.8 Å². The van der Waals surface area contributed by atoms with Gasteiger partial charge in [-0.2, -0.15) is 4.31 Å². The van der Waals surface area contributed by atoms with Gasteiger partial charge in [0.05, 0.1) is 11.8 Å². The molecule has 0 bridgehead atoms. The predicted octanol–water partition coefficient (Wildman–Crippen LogP) is 1.22. The molecule has 0 aromatic carbocycles. The number of nitrogens with one attached hydrogen (secondary N) is 1. The highest BCUT2D eigenvalue weighted by atomic mass is 32.2. The van der Waals surface area contributed by atoms with Crippen LogP contribution in [0.2, 0.25) is 0 Å². The van der Waals surface area contributed by atoms with Crippen molar-refractivity contribution in [3.63, 3.8) is 0 Å². The molecular formula is C13H24N4O2S. The quantitative estimate of drug-likeness (QED) is 0.857. The van der Waals surface area contributed by atoms with Crippen molar-refractivity contribution in [1.82, 2.24) is 19.2 Å². The second-order valence-corrected chi connectivity index (χ2v) is 7.23. The molecule has 1 fully saturated rings. The molecule has 0 aliphatic carbocycles. The summed E-state index contributed by atoms with van der Waals surface area (Å²) < 4.78 is 26.3. The van der Waals surface area contributed by atoms with E-state index in [-0.39, 0.29) is 11.8 Å². The van der Waals surface area contributed by atoms with Crippen molar-refractivity contribution in [3.8, 4) is 0 Å². The number of aromatic amines is 1. The number of imidazole rings is 1. The second-order valence-electron chi connectivity index (χ2n) is 5.15. The van der Waals surface area contributed by atoms with Gasteiger partial charge >= 0.3 is 0 Å². The molecule has 1 saturated heterocycles. The fourth-order valence-electron chi connectivity index (χ4n) is 2.60. The van der Waals surface area contributed by atoms with Crippen molar-refractivity contribution >= 4 is 10.0 Å². The first-order valence-corrected chi connectivity index (χ1v) is 8.90. The largest absolute Gasteiger partial charge is 0.347 e. The van der Waals surface area contributed by atoms with E-state index in [2.05, 4.69) is 21.8 Å². The number of aromatic nitrogens is 2. The number of nitrogens with zero attached hydrogens (tertiary/aromatic N) is 3. The van der Waals surface area contributed by atoms with Gasteiger partial charge in [0.15, 0.2) is 0 Å². The predicted molar refractivity (Wildman–Crippen MR) is 78.8 cm³/mol. The molecule has 114 valence electrons. The fourth-order valence-corrected chi connectivity index (χ4v) is 4.24. The Morgan fingerprint density at radius 1 is 1.40 bits per heavy atom. The van der Waals surface area contributed by atoms with Gasteiger partial charge in [-0.1, -0.05) is 20.3 Å². The molecule has 0 spiro atoms. The highest BCUT2D eigenvalue weighted by Gasteiger charge is 2.34. The van der Waals surface area contributed by atoms with Gasteiger partial charge in [-0.25, -0.2) is 13.4 Å². The Hall–Kier alpha value is -0.920. The van der Waals surface area contributed by atoms with Crippen LogP contribution in [0.15, 0.2) is 12.4 Å². The van der Waals surface area contributed by atoms with Gasteiger partial charge in [0, 0.05) is 32.0 Å². The summed E-state index contributed by atoms with van der Waals surface area (Å²) in [5, 5.41) is 0. The molecule has 1 atom stereocenters. The number of likely N-dealkylation sites (N-methyl/N-ethyl adjacent to an activating group) is 1. The van der Waals surface area contributed by atoms with E-state index in [1.807, 2.05) is 6.92 Å². The number of hydrogen-bond donors (Lipinski definition) is 1. The second kappa shape index (κ2) is 6.69. The first-order chi connectivity index (χ1) is 9.58. The average Bonchev–Trinajstić information content (AvgIpc) is 2.98. The van der Waals surface area contributed by atoms with Crippen LogP contribution in [0.4, 0.5) is 0 Å². The Labute approximate surface area is 121 Å². The molecule has 0 amide bonds. The van der Waals surface area contributed by atoms with Gasteiger partial charge in [-0.05, 0) is 13.0 Å². The van der Waals surface area contributed by atoms with Crippen LogP contribution < -0.4 is 0 Å². The average molecular weight is 300 g/mol. The Bertz CT molecular complexity index is 500. The third-order valence-electron chi connectivity index (χ3n) is 3.84. The number of sulfonamides is 1. The summed E-state index contributed by atoms with van der Waals surface area (Å²) in [5.74, 6) is 1.10. The lowest BCUT2D eigenvalue weighted by atomic mass is 10.2. The summed E-state index contributed by atoms with van der Waals surface area (Å²) >= 11 is 0. The van der Waals surface area contributed by atoms with Crippen LogP contribution in [0.25, 0.3) is 0 Å². The van der Waals surface area contributed by atoms with Crippen LogP contribution in [0.3, 0.4) is 0 Å². The zero-order valence-electron chi connectivity index (χ0n) is 12.2. The summed E-state index contributed by atoms with van der Waals surface area (Å²) in [4.78, 5) is 9.68. The maximum absolute atomic E-state index is 12.3. The Morgan fingerprint density at radius 3 is 2.80 bits per heavy atom. The lowest BCUT2D eigenvalue weighted by molar-refractivity contribution is 0.119. The van der Waals surface area contributed by atoms with Crippen LogP contribution in [-0.4, -0.2) is 59.5 Å². The number of H-pyrrole nitrogens is 1. The van der Waals surface area contributed by atoms with Gasteiger partial charge in [0.2, 0.25) is 10.0 Å². The van der Waals surface area contributed by atoms with Gasteiger partial charge in [0.1, 0.15) is 5.82 Å². The van der Waals surface area contributed by atoms with Crippen molar-refractivity contribution in [2.24, 2.45) is 0 Å². The van der Waals surface area contributed by atoms with Crippen LogP contribution in [-0.2, 0) is 10.0 Å². The Morgan fingerprint density at radius 2 is 2.20 bits per heavy atom. The normalized spacial score (nSPS) is 22.2. The number of piperazine rings is 1. The topological polar surface area (TPSA) is 69.3 Å². The summed E-state index contributed by atoms with van der Waals surface area (Å²) in [6, 6.07) is 0.0279. The number of hydrogen-bond acceptors (Lipinski definition) is 4. The molecule has 1 aliphatic heterocycles. The van der Waals surface area contributed by atoms with Crippen molar-refractivity contribution in [3.05, 3.63) is 18.2 Å². The van der Waals surface area contributed by atoms with Crippen LogP contribution >= 0.6 is 0 Å². The monoisotopic (exact) mass is 300 g/mol. The zero-order valence-corrected chi connectivity index (χ0v) is 13.1. The van der Waals surface area contributed by atoms with E-state index in [0.29, 0.717) is 13.1 Å². The van der Waals surface area contributed by atoms with Gasteiger partial charge < -0.3 is 4.98 Å². The molecule has 1 aromatic rings. The van der Waals surface area contributed by atoms with E-state index >= 15 is 0 Å². The number of rotatable bonds is 6. The maximum Gasteiger partial charge on any atom is 0.214 e. The molecule has 0 saturated carbocycles. The molecule has 0 radical (unpaired) electrons. The lowest BCUT2D eigenvalue weighted by Gasteiger charge is -2.39. The molecule has 2 heterocycles. The first kappa shape index (κ1) is 15.5. The van der Waals surface area contributed by atoms with Gasteiger partial charge in [-0.15, -0.1) is 0 Å². The lowest BCUT2D eigenvalue weighted by Crippen LogP contribution is -2.51. The highest BCUT2D eigenvalue weighted by molar-refractivity contribution is 7.89. The third-order valence-corrected chi connectivity index (χ3v) is 5.77. The Kier molecular flexibility index (Phi) is 5.17. The minimum Gasteiger partial charge on any atom is -0.347 e. The summed E-state index contributed by atoms with van der Waals surface area (Å²) in [7, 11) is -3.14. The smallest absolute Gasteiger partial charge is 0.214 e. The Balaban J connectivity index is 2.12. The summed E-state index contributed by atoms with van der Waals surface area (Å²) in [6.07, 6.45) is 5.12. The van der Waals surface area contributed by atoms with E-state index < -0.39 is 10.0 Å². The molecule has 1 aliphatic rings. The summed E-state index contributed by atoms with van der Waals surface area (Å²) in [6.45, 7) is 6.83. The highest BCUT2D eigenvalue weighted by Crippen LogP contribution is 2.24. The molecule has 7 heteroatoms. The van der Waals surface area contributed by atoms with Gasteiger partial charge in [-0.3, -0.25) is 4.90 Å². The van der Waals surface area contributed by atoms with E-state index in [1.54, 1.807) is 16.7 Å². The molecule has 6 nitrogen and oxygen atoms in total. The van der Waals surface area contributed by atoms with E-state index in [4.69, 9.17) is 0 Å². The van der Waals surface area contributed by atoms with Crippen LogP contribution in [0, 0.1) is 0 Å². The van der Waals surface area contributed by atoms with E-state index in [1.165, 1.54) is 0 Å². The first-order valence-electron chi connectivity index (χ1n) is 7.29. The van der Waals surface area contributed by atoms with Crippen molar-refractivity contribution in [2.75, 3.05) is 31.9 Å². The summed E-state index contributed by atoms with van der Waals surface area (Å²) in [5.41, 5.74) is 0. The molecule has 0 unspecified atom stereocenters. The van der Waals surface area contributed by atoms with Crippen molar-refractivity contribution in [1.29, 1.82) is 0 Å². The molecule has 2 rings (SSSR count). The van der Waals surface area contributed by atoms with Crippen molar-refractivity contribution < 1.29 is 8.42 Å². The third kappa shape index (κ3) is 3.39. The fraction of sp³-hybridized carbons (Fsp3) is 0.769. The minimum atomic E-state index is -3.14. The molecular weight excluding hydrogens is 276 g/mol. The van der Waals surface area contributed by atoms with E-state index in [9.17, 15) is 8.42 Å². The van der Waals surface area contributed by atoms with Crippen LogP contribution in [0.5, 0.6) is 0 Å². The van der Waals surface area contributed by atoms with Gasteiger partial charge in [0.25, 0.3) is 0 Å². The zero-order chi connectivity index (χ0) is 14.6.